The Kier molecular flexibility index (Phi) is 20.4. The summed E-state index contributed by atoms with van der Waals surface area (Å²) >= 11 is 0. The maximum absolute atomic E-state index is 8.59. The first kappa shape index (κ1) is 24.6. The van der Waals surface area contributed by atoms with E-state index in [0.29, 0.717) is 6.61 Å². The number of hydrogen-bond donors (Lipinski definition) is 1. The van der Waals surface area contributed by atoms with Gasteiger partial charge in [0, 0.05) is 6.61 Å². The van der Waals surface area contributed by atoms with E-state index in [1.807, 2.05) is 13.8 Å². The molecule has 0 spiro atoms. The summed E-state index contributed by atoms with van der Waals surface area (Å²) in [6.07, 6.45) is 2.30. The van der Waals surface area contributed by atoms with Crippen molar-refractivity contribution >= 4 is 0 Å². The number of rotatable bonds is 7. The van der Waals surface area contributed by atoms with Gasteiger partial charge in [-0.2, -0.15) is 0 Å². The third-order valence-electron chi connectivity index (χ3n) is 3.04. The van der Waals surface area contributed by atoms with Crippen LogP contribution in [-0.4, -0.2) is 36.2 Å². The number of aliphatic hydroxyl groups excluding tert-OH is 1. The van der Waals surface area contributed by atoms with Gasteiger partial charge in [0.15, 0.2) is 0 Å². The molecule has 106 valence electrons. The maximum Gasteiger partial charge on any atom is 1.00 e. The van der Waals surface area contributed by atoms with Crippen LogP contribution in [0.5, 0.6) is 0 Å². The Hall–Kier alpha value is 1.56. The second-order valence-electron chi connectivity index (χ2n) is 5.70. The Morgan fingerprint density at radius 2 is 1.61 bits per heavy atom. The van der Waals surface area contributed by atoms with Crippen molar-refractivity contribution in [3.63, 3.8) is 0 Å². The Bertz CT molecular complexity index is 151. The standard InChI is InChI=1S/C9H19N.C6H14O.K/c1-5-10(6-2)8-7-9(3)4;1-4-6(2,3)5-7;/h9H,1-2,5-8H2,3-4H3;7H,4-5H2,1-3H3;/q-2;;+1. The molecule has 0 radical (unpaired) electrons. The third-order valence-corrected chi connectivity index (χ3v) is 3.04. The Morgan fingerprint density at radius 1 is 1.17 bits per heavy atom. The first-order chi connectivity index (χ1) is 7.82. The summed E-state index contributed by atoms with van der Waals surface area (Å²) in [6.45, 7) is 21.5. The monoisotopic (exact) mass is 282 g/mol. The normalized spacial score (nSPS) is 11.0. The van der Waals surface area contributed by atoms with E-state index in [1.54, 1.807) is 0 Å². The van der Waals surface area contributed by atoms with Gasteiger partial charge in [-0.3, -0.25) is 0 Å². The summed E-state index contributed by atoms with van der Waals surface area (Å²) in [4.78, 5) is 2.25. The van der Waals surface area contributed by atoms with Gasteiger partial charge in [0.05, 0.1) is 0 Å². The molecule has 0 atom stereocenters. The molecule has 3 heteroatoms. The summed E-state index contributed by atoms with van der Waals surface area (Å²) < 4.78 is 0. The maximum atomic E-state index is 8.59. The van der Waals surface area contributed by atoms with Gasteiger partial charge in [0.25, 0.3) is 0 Å². The van der Waals surface area contributed by atoms with Crippen LogP contribution in [0.4, 0.5) is 0 Å². The second-order valence-corrected chi connectivity index (χ2v) is 5.70. The van der Waals surface area contributed by atoms with E-state index in [9.17, 15) is 0 Å². The predicted octanol–water partition coefficient (Wildman–Crippen LogP) is 0.422. The Balaban J connectivity index is -0.000000251. The van der Waals surface area contributed by atoms with Gasteiger partial charge in [-0.25, -0.2) is 0 Å². The van der Waals surface area contributed by atoms with E-state index >= 15 is 0 Å². The van der Waals surface area contributed by atoms with Gasteiger partial charge in [-0.05, 0) is 30.7 Å². The van der Waals surface area contributed by atoms with Crippen molar-refractivity contribution in [1.82, 2.24) is 4.90 Å². The van der Waals surface area contributed by atoms with Gasteiger partial charge in [0.1, 0.15) is 0 Å². The first-order valence-corrected chi connectivity index (χ1v) is 6.74. The minimum absolute atomic E-state index is 0. The molecule has 0 aromatic rings. The van der Waals surface area contributed by atoms with Crippen LogP contribution in [0.25, 0.3) is 0 Å². The molecule has 0 aromatic carbocycles. The zero-order valence-electron chi connectivity index (χ0n) is 13.6. The van der Waals surface area contributed by atoms with Gasteiger partial charge in [-0.1, -0.05) is 34.6 Å². The summed E-state index contributed by atoms with van der Waals surface area (Å²) in [5.74, 6) is 0.792. The largest absolute Gasteiger partial charge is 1.00 e. The van der Waals surface area contributed by atoms with Crippen LogP contribution in [0.1, 0.15) is 47.5 Å². The Morgan fingerprint density at radius 3 is 1.78 bits per heavy atom. The smallest absolute Gasteiger partial charge is 0.396 e. The molecule has 18 heavy (non-hydrogen) atoms. The van der Waals surface area contributed by atoms with Crippen molar-refractivity contribution in [1.29, 1.82) is 0 Å². The minimum Gasteiger partial charge on any atom is -0.396 e. The van der Waals surface area contributed by atoms with Gasteiger partial charge in [-0.15, -0.1) is 13.1 Å². The average Bonchev–Trinajstić information content (AvgIpc) is 2.31. The summed E-state index contributed by atoms with van der Waals surface area (Å²) in [5.41, 5.74) is 0.139. The van der Waals surface area contributed by atoms with Crippen molar-refractivity contribution in [2.45, 2.75) is 47.5 Å². The van der Waals surface area contributed by atoms with Crippen LogP contribution in [-0.2, 0) is 0 Å². The van der Waals surface area contributed by atoms with Crippen LogP contribution >= 0.6 is 0 Å². The van der Waals surface area contributed by atoms with E-state index in [2.05, 4.69) is 39.5 Å². The molecule has 0 bridgehead atoms. The molecule has 0 rings (SSSR count). The van der Waals surface area contributed by atoms with Crippen molar-refractivity contribution in [2.24, 2.45) is 11.3 Å². The van der Waals surface area contributed by atoms with E-state index in [1.165, 1.54) is 6.42 Å². The molecule has 0 amide bonds. The molecule has 2 nitrogen and oxygen atoms in total. The van der Waals surface area contributed by atoms with Gasteiger partial charge < -0.3 is 23.9 Å². The Labute approximate surface area is 158 Å². The molecule has 0 unspecified atom stereocenters. The molecule has 0 saturated carbocycles. The predicted molar refractivity (Wildman–Crippen MR) is 77.8 cm³/mol. The molecular weight excluding hydrogens is 249 g/mol. The third kappa shape index (κ3) is 17.6. The molecule has 0 aliphatic heterocycles. The van der Waals surface area contributed by atoms with E-state index in [4.69, 9.17) is 5.11 Å². The SMILES string of the molecule is CCC(C)(C)CO.[CH2-]CN(C[CH2-])CCC(C)C.[K+]. The minimum atomic E-state index is 0. The van der Waals surface area contributed by atoms with E-state index in [0.717, 1.165) is 32.0 Å². The van der Waals surface area contributed by atoms with Crippen LogP contribution in [0.3, 0.4) is 0 Å². The quantitative estimate of drug-likeness (QED) is 0.540. The van der Waals surface area contributed by atoms with Crippen LogP contribution < -0.4 is 51.4 Å². The molecule has 0 heterocycles. The molecule has 0 fully saturated rings. The van der Waals surface area contributed by atoms with Crippen molar-refractivity contribution < 1.29 is 56.5 Å². The molecule has 0 aromatic heterocycles. The summed E-state index contributed by atoms with van der Waals surface area (Å²) in [5, 5.41) is 8.59. The fourth-order valence-electron chi connectivity index (χ4n) is 0.888. The second kappa shape index (κ2) is 15.0. The van der Waals surface area contributed by atoms with E-state index < -0.39 is 0 Å². The summed E-state index contributed by atoms with van der Waals surface area (Å²) in [7, 11) is 0. The van der Waals surface area contributed by atoms with Gasteiger partial charge in [0.2, 0.25) is 0 Å². The van der Waals surface area contributed by atoms with Crippen LogP contribution in [0.2, 0.25) is 0 Å². The molecule has 0 aliphatic rings. The van der Waals surface area contributed by atoms with Gasteiger partial charge >= 0.3 is 51.4 Å². The van der Waals surface area contributed by atoms with Crippen molar-refractivity contribution in [3.8, 4) is 0 Å². The average molecular weight is 283 g/mol. The molecule has 1 N–H and O–H groups in total. The van der Waals surface area contributed by atoms with Crippen LogP contribution in [0, 0.1) is 25.2 Å². The number of aliphatic hydroxyl groups is 1. The molecule has 0 saturated heterocycles. The topological polar surface area (TPSA) is 23.5 Å². The molecule has 0 aliphatic carbocycles. The zero-order chi connectivity index (χ0) is 13.9. The van der Waals surface area contributed by atoms with Crippen LogP contribution in [0.15, 0.2) is 0 Å². The first-order valence-electron chi connectivity index (χ1n) is 6.74. The van der Waals surface area contributed by atoms with E-state index in [-0.39, 0.29) is 56.8 Å². The fraction of sp³-hybridized carbons (Fsp3) is 0.867. The number of hydrogen-bond acceptors (Lipinski definition) is 2. The number of nitrogens with zero attached hydrogens (tertiary/aromatic N) is 1. The van der Waals surface area contributed by atoms with Crippen molar-refractivity contribution in [2.75, 3.05) is 26.2 Å². The fourth-order valence-corrected chi connectivity index (χ4v) is 0.888. The van der Waals surface area contributed by atoms with Crippen molar-refractivity contribution in [3.05, 3.63) is 13.8 Å². The summed E-state index contributed by atoms with van der Waals surface area (Å²) in [6, 6.07) is 0. The zero-order valence-corrected chi connectivity index (χ0v) is 16.8. The molecular formula is C15H33KNO-.